The molecule has 0 aliphatic rings. The maximum Gasteiger partial charge on any atom is 0.118 e. The van der Waals surface area contributed by atoms with Gasteiger partial charge in [0.15, 0.2) is 0 Å². The van der Waals surface area contributed by atoms with Gasteiger partial charge in [-0.15, -0.1) is 11.8 Å². The molecule has 0 radical (unpaired) electrons. The quantitative estimate of drug-likeness (QED) is 0.425. The minimum absolute atomic E-state index is 0.738. The first-order chi connectivity index (χ1) is 10.2. The molecular weight excluding hydrogens is 350 g/mol. The molecule has 110 valence electrons. The van der Waals surface area contributed by atoms with Gasteiger partial charge in [0.2, 0.25) is 0 Å². The first kappa shape index (κ1) is 15.9. The van der Waals surface area contributed by atoms with Gasteiger partial charge in [-0.25, -0.2) is 0 Å². The number of benzene rings is 2. The average Bonchev–Trinajstić information content (AvgIpc) is 2.53. The minimum Gasteiger partial charge on any atom is -0.497 e. The first-order valence-electron chi connectivity index (χ1n) is 6.35. The molecule has 0 aliphatic heterocycles. The summed E-state index contributed by atoms with van der Waals surface area (Å²) in [6.45, 7) is 0. The molecule has 0 aliphatic carbocycles. The van der Waals surface area contributed by atoms with Gasteiger partial charge in [0.25, 0.3) is 0 Å². The number of oxime groups is 1. The molecule has 2 aromatic carbocycles. The van der Waals surface area contributed by atoms with Gasteiger partial charge in [0, 0.05) is 20.7 Å². The second kappa shape index (κ2) is 8.10. The number of rotatable bonds is 6. The van der Waals surface area contributed by atoms with Crippen molar-refractivity contribution in [1.29, 1.82) is 0 Å². The maximum atomic E-state index is 5.17. The Morgan fingerprint density at radius 3 is 2.29 bits per heavy atom. The third-order valence-electron chi connectivity index (χ3n) is 2.81. The molecule has 0 N–H and O–H groups in total. The zero-order valence-electron chi connectivity index (χ0n) is 11.9. The summed E-state index contributed by atoms with van der Waals surface area (Å²) in [7, 11) is 3.22. The van der Waals surface area contributed by atoms with E-state index >= 15 is 0 Å². The molecule has 2 aromatic rings. The van der Waals surface area contributed by atoms with E-state index in [1.54, 1.807) is 26.0 Å². The van der Waals surface area contributed by atoms with Gasteiger partial charge in [0.1, 0.15) is 12.9 Å². The van der Waals surface area contributed by atoms with Crippen LogP contribution in [0, 0.1) is 0 Å². The van der Waals surface area contributed by atoms with Gasteiger partial charge in [0.05, 0.1) is 12.8 Å². The molecule has 0 fully saturated rings. The molecule has 0 saturated heterocycles. The Kier molecular flexibility index (Phi) is 6.14. The predicted molar refractivity (Wildman–Crippen MR) is 91.4 cm³/mol. The van der Waals surface area contributed by atoms with Crippen molar-refractivity contribution in [2.75, 3.05) is 20.0 Å². The monoisotopic (exact) mass is 365 g/mol. The topological polar surface area (TPSA) is 30.8 Å². The molecule has 0 aromatic heterocycles. The Hall–Kier alpha value is -1.46. The van der Waals surface area contributed by atoms with Crippen LogP contribution in [0.3, 0.4) is 0 Å². The van der Waals surface area contributed by atoms with Gasteiger partial charge in [-0.2, -0.15) is 0 Å². The third kappa shape index (κ3) is 4.79. The van der Waals surface area contributed by atoms with Crippen LogP contribution in [0.2, 0.25) is 0 Å². The number of nitrogens with zero attached hydrogens (tertiary/aromatic N) is 1. The number of methoxy groups -OCH3 is 1. The van der Waals surface area contributed by atoms with Crippen molar-refractivity contribution in [2.45, 2.75) is 4.90 Å². The molecule has 0 atom stereocenters. The van der Waals surface area contributed by atoms with Crippen LogP contribution < -0.4 is 4.74 Å². The predicted octanol–water partition coefficient (Wildman–Crippen LogP) is 4.60. The highest BCUT2D eigenvalue weighted by Gasteiger charge is 2.06. The minimum atomic E-state index is 0.738. The van der Waals surface area contributed by atoms with Crippen LogP contribution in [0.15, 0.2) is 63.1 Å². The maximum absolute atomic E-state index is 5.17. The highest BCUT2D eigenvalue weighted by atomic mass is 79.9. The molecule has 0 spiro atoms. The van der Waals surface area contributed by atoms with E-state index < -0.39 is 0 Å². The summed E-state index contributed by atoms with van der Waals surface area (Å²) in [5.74, 6) is 1.57. The molecule has 0 unspecified atom stereocenters. The van der Waals surface area contributed by atoms with Gasteiger partial charge in [-0.1, -0.05) is 21.1 Å². The van der Waals surface area contributed by atoms with Crippen molar-refractivity contribution in [3.05, 3.63) is 58.6 Å². The van der Waals surface area contributed by atoms with Gasteiger partial charge >= 0.3 is 0 Å². The zero-order chi connectivity index (χ0) is 15.1. The first-order valence-corrected chi connectivity index (χ1v) is 8.13. The number of hydrogen-bond acceptors (Lipinski definition) is 4. The van der Waals surface area contributed by atoms with E-state index in [2.05, 4.69) is 33.2 Å². The van der Waals surface area contributed by atoms with E-state index in [4.69, 9.17) is 9.57 Å². The summed E-state index contributed by atoms with van der Waals surface area (Å²) in [5, 5.41) is 4.13. The standard InChI is InChI=1S/C16H16BrNO2S/c1-19-14-7-3-12(4-8-14)16(18-20-2)11-21-15-9-5-13(17)6-10-15/h3-10H,11H2,1-2H3. The molecule has 0 amide bonds. The smallest absolute Gasteiger partial charge is 0.118 e. The zero-order valence-corrected chi connectivity index (χ0v) is 14.3. The van der Waals surface area contributed by atoms with Crippen LogP contribution in [0.4, 0.5) is 0 Å². The SMILES string of the molecule is CON=C(CSc1ccc(Br)cc1)c1ccc(OC)cc1. The average molecular weight is 366 g/mol. The van der Waals surface area contributed by atoms with Crippen LogP contribution in [0.1, 0.15) is 5.56 Å². The second-order valence-corrected chi connectivity index (χ2v) is 6.16. The van der Waals surface area contributed by atoms with E-state index in [1.165, 1.54) is 4.90 Å². The Labute approximate surface area is 137 Å². The summed E-state index contributed by atoms with van der Waals surface area (Å²) in [6.07, 6.45) is 0. The molecular formula is C16H16BrNO2S. The molecule has 0 bridgehead atoms. The molecule has 21 heavy (non-hydrogen) atoms. The van der Waals surface area contributed by atoms with Crippen LogP contribution in [-0.2, 0) is 4.84 Å². The summed E-state index contributed by atoms with van der Waals surface area (Å²) < 4.78 is 6.25. The normalized spacial score (nSPS) is 11.3. The number of halogens is 1. The highest BCUT2D eigenvalue weighted by molar-refractivity contribution is 9.10. The lowest BCUT2D eigenvalue weighted by atomic mass is 10.1. The second-order valence-electron chi connectivity index (χ2n) is 4.19. The summed E-state index contributed by atoms with van der Waals surface area (Å²) in [6, 6.07) is 16.0. The van der Waals surface area contributed by atoms with Crippen molar-refractivity contribution >= 4 is 33.4 Å². The summed E-state index contributed by atoms with van der Waals surface area (Å²) >= 11 is 5.15. The van der Waals surface area contributed by atoms with E-state index in [9.17, 15) is 0 Å². The molecule has 5 heteroatoms. The van der Waals surface area contributed by atoms with E-state index in [1.807, 2.05) is 36.4 Å². The van der Waals surface area contributed by atoms with Crippen molar-refractivity contribution in [2.24, 2.45) is 5.16 Å². The Morgan fingerprint density at radius 2 is 1.71 bits per heavy atom. The molecule has 2 rings (SSSR count). The van der Waals surface area contributed by atoms with Gasteiger partial charge < -0.3 is 9.57 Å². The van der Waals surface area contributed by atoms with Crippen LogP contribution in [0.25, 0.3) is 0 Å². The van der Waals surface area contributed by atoms with Crippen molar-refractivity contribution in [3.63, 3.8) is 0 Å². The molecule has 0 heterocycles. The van der Waals surface area contributed by atoms with Crippen LogP contribution in [0.5, 0.6) is 5.75 Å². The third-order valence-corrected chi connectivity index (χ3v) is 4.37. The Bertz CT molecular complexity index is 597. The van der Waals surface area contributed by atoms with E-state index in [0.29, 0.717) is 0 Å². The van der Waals surface area contributed by atoms with Crippen LogP contribution >= 0.6 is 27.7 Å². The lowest BCUT2D eigenvalue weighted by molar-refractivity contribution is 0.213. The lowest BCUT2D eigenvalue weighted by Gasteiger charge is -2.07. The Morgan fingerprint density at radius 1 is 1.05 bits per heavy atom. The fraction of sp³-hybridized carbons (Fsp3) is 0.188. The lowest BCUT2D eigenvalue weighted by Crippen LogP contribution is -2.05. The number of thioether (sulfide) groups is 1. The largest absolute Gasteiger partial charge is 0.497 e. The summed E-state index contributed by atoms with van der Waals surface area (Å²) in [5.41, 5.74) is 1.93. The molecule has 3 nitrogen and oxygen atoms in total. The number of ether oxygens (including phenoxy) is 1. The number of hydrogen-bond donors (Lipinski definition) is 0. The fourth-order valence-electron chi connectivity index (χ4n) is 1.74. The van der Waals surface area contributed by atoms with Gasteiger partial charge in [-0.3, -0.25) is 0 Å². The van der Waals surface area contributed by atoms with Crippen LogP contribution in [-0.4, -0.2) is 25.7 Å². The van der Waals surface area contributed by atoms with Gasteiger partial charge in [-0.05, 0) is 48.5 Å². The van der Waals surface area contributed by atoms with Crippen molar-refractivity contribution < 1.29 is 9.57 Å². The fourth-order valence-corrected chi connectivity index (χ4v) is 2.85. The van der Waals surface area contributed by atoms with Crippen molar-refractivity contribution in [1.82, 2.24) is 0 Å². The summed E-state index contributed by atoms with van der Waals surface area (Å²) in [4.78, 5) is 6.15. The Balaban J connectivity index is 2.08. The van der Waals surface area contributed by atoms with Crippen molar-refractivity contribution in [3.8, 4) is 5.75 Å². The highest BCUT2D eigenvalue weighted by Crippen LogP contribution is 2.22. The van der Waals surface area contributed by atoms with E-state index in [-0.39, 0.29) is 0 Å². The molecule has 0 saturated carbocycles. The van der Waals surface area contributed by atoms with E-state index in [0.717, 1.165) is 27.3 Å².